The second-order valence-corrected chi connectivity index (χ2v) is 5.79. The van der Waals surface area contributed by atoms with Crippen LogP contribution in [0.1, 0.15) is 37.0 Å². The molecule has 4 nitrogen and oxygen atoms in total. The van der Waals surface area contributed by atoms with E-state index in [2.05, 4.69) is 19.4 Å². The molecule has 0 aliphatic heterocycles. The molecular weight excluding hydrogens is 352 g/mol. The SMILES string of the molecule is C#C.C=C1C[C@@H](OC(=O)c2ccc(-c3ccccc3)cc2)C[C@H]1OC=O.CC. The van der Waals surface area contributed by atoms with Gasteiger partial charge in [0.15, 0.2) is 0 Å². The third-order valence-corrected chi connectivity index (χ3v) is 4.14. The minimum absolute atomic E-state index is 0.302. The Labute approximate surface area is 167 Å². The lowest BCUT2D eigenvalue weighted by Gasteiger charge is -2.12. The molecule has 2 aromatic carbocycles. The first-order valence-electron chi connectivity index (χ1n) is 9.14. The molecule has 1 aliphatic rings. The number of hydrogen-bond acceptors (Lipinski definition) is 4. The maximum Gasteiger partial charge on any atom is 0.338 e. The Morgan fingerprint density at radius 3 is 2.18 bits per heavy atom. The van der Waals surface area contributed by atoms with Crippen LogP contribution in [0.5, 0.6) is 0 Å². The van der Waals surface area contributed by atoms with E-state index in [-0.39, 0.29) is 18.2 Å². The molecule has 0 bridgehead atoms. The molecule has 1 saturated carbocycles. The minimum Gasteiger partial charge on any atom is -0.460 e. The van der Waals surface area contributed by atoms with Gasteiger partial charge in [-0.15, -0.1) is 12.8 Å². The van der Waals surface area contributed by atoms with Crippen LogP contribution in [0.3, 0.4) is 0 Å². The van der Waals surface area contributed by atoms with E-state index in [0.29, 0.717) is 24.9 Å². The number of ether oxygens (including phenoxy) is 2. The van der Waals surface area contributed by atoms with Gasteiger partial charge in [0.2, 0.25) is 0 Å². The highest BCUT2D eigenvalue weighted by Gasteiger charge is 2.32. The first-order chi connectivity index (χ1) is 13.7. The quantitative estimate of drug-likeness (QED) is 0.316. The first-order valence-corrected chi connectivity index (χ1v) is 9.14. The fourth-order valence-electron chi connectivity index (χ4n) is 2.87. The van der Waals surface area contributed by atoms with E-state index >= 15 is 0 Å². The molecule has 1 fully saturated rings. The molecule has 0 spiro atoms. The Morgan fingerprint density at radius 2 is 1.61 bits per heavy atom. The van der Waals surface area contributed by atoms with Gasteiger partial charge in [0.05, 0.1) is 5.56 Å². The van der Waals surface area contributed by atoms with Crippen molar-refractivity contribution in [3.8, 4) is 24.0 Å². The highest BCUT2D eigenvalue weighted by Crippen LogP contribution is 2.29. The van der Waals surface area contributed by atoms with Crippen LogP contribution in [-0.2, 0) is 14.3 Å². The summed E-state index contributed by atoms with van der Waals surface area (Å²) in [5.41, 5.74) is 3.42. The maximum atomic E-state index is 12.3. The van der Waals surface area contributed by atoms with Crippen molar-refractivity contribution in [1.29, 1.82) is 0 Å². The summed E-state index contributed by atoms with van der Waals surface area (Å²) in [4.78, 5) is 22.7. The van der Waals surface area contributed by atoms with Crippen molar-refractivity contribution in [3.05, 3.63) is 72.3 Å². The van der Waals surface area contributed by atoms with Gasteiger partial charge in [0.25, 0.3) is 6.47 Å². The van der Waals surface area contributed by atoms with Crippen molar-refractivity contribution in [1.82, 2.24) is 0 Å². The normalized spacial score (nSPS) is 17.2. The van der Waals surface area contributed by atoms with E-state index in [1.54, 1.807) is 12.1 Å². The van der Waals surface area contributed by atoms with Crippen LogP contribution in [-0.4, -0.2) is 24.6 Å². The summed E-state index contributed by atoms with van der Waals surface area (Å²) < 4.78 is 10.4. The molecule has 2 atom stereocenters. The molecular formula is C24H26O4. The summed E-state index contributed by atoms with van der Waals surface area (Å²) in [6.07, 6.45) is 8.32. The van der Waals surface area contributed by atoms with Crippen LogP contribution in [0, 0.1) is 12.8 Å². The average molecular weight is 378 g/mol. The number of carbonyl (C=O) groups excluding carboxylic acids is 2. The van der Waals surface area contributed by atoms with E-state index in [0.717, 1.165) is 16.7 Å². The van der Waals surface area contributed by atoms with Gasteiger partial charge in [-0.25, -0.2) is 4.79 Å². The van der Waals surface area contributed by atoms with Crippen LogP contribution >= 0.6 is 0 Å². The largest absolute Gasteiger partial charge is 0.460 e. The van der Waals surface area contributed by atoms with E-state index in [9.17, 15) is 9.59 Å². The lowest BCUT2D eigenvalue weighted by Crippen LogP contribution is -2.17. The monoisotopic (exact) mass is 378 g/mol. The van der Waals surface area contributed by atoms with Crippen LogP contribution in [0.4, 0.5) is 0 Å². The van der Waals surface area contributed by atoms with Crippen molar-refractivity contribution in [2.24, 2.45) is 0 Å². The van der Waals surface area contributed by atoms with E-state index in [1.165, 1.54) is 0 Å². The van der Waals surface area contributed by atoms with E-state index < -0.39 is 0 Å². The number of hydrogen-bond donors (Lipinski definition) is 0. The Kier molecular flexibility index (Phi) is 9.85. The number of terminal acetylenes is 1. The predicted octanol–water partition coefficient (Wildman–Crippen LogP) is 5.05. The number of benzene rings is 2. The number of carbonyl (C=O) groups is 2. The third kappa shape index (κ3) is 6.14. The van der Waals surface area contributed by atoms with Crippen molar-refractivity contribution in [3.63, 3.8) is 0 Å². The average Bonchev–Trinajstić information content (AvgIpc) is 3.10. The predicted molar refractivity (Wildman–Crippen MR) is 112 cm³/mol. The molecule has 4 heteroatoms. The maximum absolute atomic E-state index is 12.3. The fourth-order valence-corrected chi connectivity index (χ4v) is 2.87. The van der Waals surface area contributed by atoms with Gasteiger partial charge >= 0.3 is 5.97 Å². The van der Waals surface area contributed by atoms with E-state index in [1.807, 2.05) is 56.3 Å². The molecule has 28 heavy (non-hydrogen) atoms. The highest BCUT2D eigenvalue weighted by molar-refractivity contribution is 5.90. The second kappa shape index (κ2) is 12.1. The van der Waals surface area contributed by atoms with Gasteiger partial charge in [-0.2, -0.15) is 0 Å². The molecule has 0 aromatic heterocycles. The molecule has 0 N–H and O–H groups in total. The smallest absolute Gasteiger partial charge is 0.338 e. The molecule has 0 radical (unpaired) electrons. The summed E-state index contributed by atoms with van der Waals surface area (Å²) in [6, 6.07) is 17.3. The fraction of sp³-hybridized carbons (Fsp3) is 0.250. The van der Waals surface area contributed by atoms with Crippen molar-refractivity contribution in [2.45, 2.75) is 38.9 Å². The van der Waals surface area contributed by atoms with E-state index in [4.69, 9.17) is 9.47 Å². The molecule has 146 valence electrons. The van der Waals surface area contributed by atoms with Crippen LogP contribution in [0.25, 0.3) is 11.1 Å². The summed E-state index contributed by atoms with van der Waals surface area (Å²) in [5, 5.41) is 0. The molecule has 0 saturated heterocycles. The Balaban J connectivity index is 0.000000921. The van der Waals surface area contributed by atoms with Gasteiger partial charge in [0, 0.05) is 12.8 Å². The van der Waals surface area contributed by atoms with Gasteiger partial charge in [0.1, 0.15) is 12.2 Å². The zero-order valence-corrected chi connectivity index (χ0v) is 16.3. The molecule has 0 amide bonds. The summed E-state index contributed by atoms with van der Waals surface area (Å²) in [5.74, 6) is -0.376. The van der Waals surface area contributed by atoms with Crippen molar-refractivity contribution >= 4 is 12.4 Å². The van der Waals surface area contributed by atoms with Gasteiger partial charge in [-0.05, 0) is 28.8 Å². The second-order valence-electron chi connectivity index (χ2n) is 5.79. The molecule has 3 rings (SSSR count). The molecule has 2 aromatic rings. The van der Waals surface area contributed by atoms with Crippen LogP contribution < -0.4 is 0 Å². The van der Waals surface area contributed by atoms with Crippen LogP contribution in [0.2, 0.25) is 0 Å². The lowest BCUT2D eigenvalue weighted by molar-refractivity contribution is -0.132. The first kappa shape index (κ1) is 22.7. The topological polar surface area (TPSA) is 52.6 Å². The van der Waals surface area contributed by atoms with Crippen LogP contribution in [0.15, 0.2) is 66.7 Å². The Bertz CT molecular complexity index is 775. The zero-order chi connectivity index (χ0) is 20.9. The third-order valence-electron chi connectivity index (χ3n) is 4.14. The minimum atomic E-state index is -0.376. The molecule has 0 unspecified atom stereocenters. The summed E-state index contributed by atoms with van der Waals surface area (Å²) in [6.45, 7) is 8.26. The van der Waals surface area contributed by atoms with Crippen molar-refractivity contribution in [2.75, 3.05) is 0 Å². The van der Waals surface area contributed by atoms with Gasteiger partial charge in [-0.3, -0.25) is 4.79 Å². The summed E-state index contributed by atoms with van der Waals surface area (Å²) in [7, 11) is 0. The van der Waals surface area contributed by atoms with Gasteiger partial charge in [-0.1, -0.05) is 62.9 Å². The molecule has 1 aliphatic carbocycles. The molecule has 0 heterocycles. The number of rotatable bonds is 5. The van der Waals surface area contributed by atoms with Crippen molar-refractivity contribution < 1.29 is 19.1 Å². The highest BCUT2D eigenvalue weighted by atomic mass is 16.6. The number of esters is 1. The Morgan fingerprint density at radius 1 is 1.04 bits per heavy atom. The standard InChI is InChI=1S/C20H18O4.C2H6.C2H2/c1-14-11-18(12-19(14)23-13-21)24-20(22)17-9-7-16(8-10-17)15-5-3-2-4-6-15;2*1-2/h2-10,13,18-19H,1,11-12H2;1-2H3;1-2H/t18-,19-;;/m1../s1. The van der Waals surface area contributed by atoms with Gasteiger partial charge < -0.3 is 9.47 Å². The Hall–Kier alpha value is -3.32. The summed E-state index contributed by atoms with van der Waals surface area (Å²) >= 11 is 0. The lowest BCUT2D eigenvalue weighted by atomic mass is 10.0. The zero-order valence-electron chi connectivity index (χ0n) is 16.3.